The SMILES string of the molecule is C=CCN(CC=C)C(=S)Oc1ccc2nc3c4ccccc4c4ccccc4c3nc2c1. The number of aromatic nitrogens is 2. The number of thiocarbonyl (C=S) groups is 1. The van der Waals surface area contributed by atoms with Gasteiger partial charge in [0.1, 0.15) is 5.75 Å². The molecule has 0 amide bonds. The van der Waals surface area contributed by atoms with Crippen LogP contribution in [0, 0.1) is 0 Å². The van der Waals surface area contributed by atoms with Crippen LogP contribution >= 0.6 is 12.2 Å². The van der Waals surface area contributed by atoms with Gasteiger partial charge in [-0.2, -0.15) is 0 Å². The molecule has 0 aliphatic carbocycles. The minimum atomic E-state index is 0.370. The highest BCUT2D eigenvalue weighted by Gasteiger charge is 2.13. The first-order valence-electron chi connectivity index (χ1n) is 10.4. The van der Waals surface area contributed by atoms with Gasteiger partial charge in [0.05, 0.1) is 22.1 Å². The van der Waals surface area contributed by atoms with Gasteiger partial charge in [-0.3, -0.25) is 0 Å². The average Bonchev–Trinajstić information content (AvgIpc) is 2.83. The molecule has 0 saturated heterocycles. The molecule has 1 heterocycles. The molecule has 5 aromatic rings. The molecule has 4 aromatic carbocycles. The molecule has 0 aliphatic heterocycles. The summed E-state index contributed by atoms with van der Waals surface area (Å²) in [6, 6.07) is 22.4. The lowest BCUT2D eigenvalue weighted by Crippen LogP contribution is -2.33. The van der Waals surface area contributed by atoms with Crippen molar-refractivity contribution in [1.29, 1.82) is 0 Å². The first-order valence-corrected chi connectivity index (χ1v) is 10.8. The van der Waals surface area contributed by atoms with Gasteiger partial charge in [-0.15, -0.1) is 13.2 Å². The largest absolute Gasteiger partial charge is 0.432 e. The van der Waals surface area contributed by atoms with E-state index < -0.39 is 0 Å². The van der Waals surface area contributed by atoms with E-state index in [9.17, 15) is 0 Å². The summed E-state index contributed by atoms with van der Waals surface area (Å²) in [5.41, 5.74) is 3.35. The minimum Gasteiger partial charge on any atom is -0.432 e. The lowest BCUT2D eigenvalue weighted by molar-refractivity contribution is 0.404. The summed E-state index contributed by atoms with van der Waals surface area (Å²) in [6.45, 7) is 8.73. The van der Waals surface area contributed by atoms with E-state index in [1.165, 1.54) is 10.8 Å². The quantitative estimate of drug-likeness (QED) is 0.138. The van der Waals surface area contributed by atoms with Crippen LogP contribution in [0.5, 0.6) is 5.75 Å². The average molecular weight is 436 g/mol. The zero-order chi connectivity index (χ0) is 22.1. The first-order chi connectivity index (χ1) is 15.7. The zero-order valence-corrected chi connectivity index (χ0v) is 18.3. The Morgan fingerprint density at radius 1 is 0.781 bits per heavy atom. The predicted octanol–water partition coefficient (Wildman–Crippen LogP) is 6.43. The van der Waals surface area contributed by atoms with Crippen molar-refractivity contribution < 1.29 is 4.74 Å². The summed E-state index contributed by atoms with van der Waals surface area (Å²) < 4.78 is 5.95. The van der Waals surface area contributed by atoms with E-state index in [0.717, 1.165) is 32.8 Å². The van der Waals surface area contributed by atoms with Crippen molar-refractivity contribution in [2.75, 3.05) is 13.1 Å². The van der Waals surface area contributed by atoms with Crippen molar-refractivity contribution in [3.8, 4) is 5.75 Å². The minimum absolute atomic E-state index is 0.370. The predicted molar refractivity (Wildman–Crippen MR) is 137 cm³/mol. The Balaban J connectivity index is 1.66. The fraction of sp³-hybridized carbons (Fsp3) is 0.0741. The van der Waals surface area contributed by atoms with Crippen molar-refractivity contribution >= 4 is 61.0 Å². The summed E-state index contributed by atoms with van der Waals surface area (Å²) in [4.78, 5) is 11.9. The van der Waals surface area contributed by atoms with Crippen LogP contribution in [0.25, 0.3) is 43.6 Å². The Labute approximate surface area is 191 Å². The third-order valence-corrected chi connectivity index (χ3v) is 5.79. The van der Waals surface area contributed by atoms with Crippen molar-refractivity contribution in [1.82, 2.24) is 14.9 Å². The Bertz CT molecular complexity index is 1520. The summed E-state index contributed by atoms with van der Waals surface area (Å²) >= 11 is 5.48. The van der Waals surface area contributed by atoms with Crippen LogP contribution in [0.15, 0.2) is 92.0 Å². The fourth-order valence-corrected chi connectivity index (χ4v) is 4.27. The summed E-state index contributed by atoms with van der Waals surface area (Å²) in [6.07, 6.45) is 3.57. The van der Waals surface area contributed by atoms with Gasteiger partial charge >= 0.3 is 0 Å². The molecule has 0 atom stereocenters. The van der Waals surface area contributed by atoms with Crippen molar-refractivity contribution in [3.05, 3.63) is 92.0 Å². The maximum Gasteiger partial charge on any atom is 0.265 e. The van der Waals surface area contributed by atoms with Gasteiger partial charge in [0.2, 0.25) is 0 Å². The van der Waals surface area contributed by atoms with Crippen LogP contribution in [0.1, 0.15) is 0 Å². The Morgan fingerprint density at radius 2 is 1.31 bits per heavy atom. The van der Waals surface area contributed by atoms with E-state index >= 15 is 0 Å². The number of fused-ring (bicyclic) bond motifs is 7. The topological polar surface area (TPSA) is 38.2 Å². The van der Waals surface area contributed by atoms with Crippen LogP contribution in [0.3, 0.4) is 0 Å². The van der Waals surface area contributed by atoms with Gasteiger partial charge in [-0.05, 0) is 35.1 Å². The first kappa shape index (κ1) is 20.1. The standard InChI is InChI=1S/C27H21N3OS/c1-3-15-30(16-4-2)27(32)31-18-13-14-23-24(17-18)29-26-22-12-8-6-10-20(22)19-9-5-7-11-21(19)25(26)28-23/h3-14,17H,1-2,15-16H2. The maximum atomic E-state index is 5.95. The van der Waals surface area contributed by atoms with Gasteiger partial charge < -0.3 is 9.64 Å². The molecule has 32 heavy (non-hydrogen) atoms. The second kappa shape index (κ2) is 8.36. The van der Waals surface area contributed by atoms with Crippen LogP contribution < -0.4 is 4.74 Å². The lowest BCUT2D eigenvalue weighted by Gasteiger charge is -2.21. The van der Waals surface area contributed by atoms with Crippen molar-refractivity contribution in [2.24, 2.45) is 0 Å². The van der Waals surface area contributed by atoms with Crippen LogP contribution in [0.2, 0.25) is 0 Å². The monoisotopic (exact) mass is 435 g/mol. The molecule has 4 nitrogen and oxygen atoms in total. The smallest absolute Gasteiger partial charge is 0.265 e. The fourth-order valence-electron chi connectivity index (χ4n) is 4.02. The van der Waals surface area contributed by atoms with E-state index in [0.29, 0.717) is 24.0 Å². The summed E-state index contributed by atoms with van der Waals surface area (Å²) in [5, 5.41) is 4.90. The van der Waals surface area contributed by atoms with Crippen LogP contribution in [0.4, 0.5) is 0 Å². The van der Waals surface area contributed by atoms with E-state index in [1.54, 1.807) is 12.2 Å². The number of rotatable bonds is 5. The third-order valence-electron chi connectivity index (χ3n) is 5.45. The van der Waals surface area contributed by atoms with E-state index in [-0.39, 0.29) is 0 Å². The molecule has 0 aliphatic rings. The van der Waals surface area contributed by atoms with Crippen molar-refractivity contribution in [2.45, 2.75) is 0 Å². The van der Waals surface area contributed by atoms with Gasteiger partial charge in [-0.1, -0.05) is 60.7 Å². The van der Waals surface area contributed by atoms with Crippen LogP contribution in [-0.2, 0) is 0 Å². The number of hydrogen-bond donors (Lipinski definition) is 0. The summed E-state index contributed by atoms with van der Waals surface area (Å²) in [5.74, 6) is 0.624. The highest BCUT2D eigenvalue weighted by atomic mass is 32.1. The van der Waals surface area contributed by atoms with Gasteiger partial charge in [0, 0.05) is 29.9 Å². The molecule has 0 saturated carbocycles. The van der Waals surface area contributed by atoms with E-state index in [1.807, 2.05) is 35.2 Å². The molecule has 0 bridgehead atoms. The molecule has 156 valence electrons. The van der Waals surface area contributed by atoms with Gasteiger partial charge in [0.15, 0.2) is 0 Å². The van der Waals surface area contributed by atoms with E-state index in [4.69, 9.17) is 26.9 Å². The second-order valence-corrected chi connectivity index (χ2v) is 7.86. The van der Waals surface area contributed by atoms with Crippen LogP contribution in [-0.4, -0.2) is 33.1 Å². The highest BCUT2D eigenvalue weighted by Crippen LogP contribution is 2.34. The zero-order valence-electron chi connectivity index (χ0n) is 17.5. The van der Waals surface area contributed by atoms with Crippen molar-refractivity contribution in [3.63, 3.8) is 0 Å². The molecule has 0 fully saturated rings. The maximum absolute atomic E-state index is 5.95. The molecule has 1 aromatic heterocycles. The number of benzene rings is 4. The molecule has 0 spiro atoms. The highest BCUT2D eigenvalue weighted by molar-refractivity contribution is 7.80. The van der Waals surface area contributed by atoms with Gasteiger partial charge in [-0.25, -0.2) is 9.97 Å². The molecule has 0 radical (unpaired) electrons. The van der Waals surface area contributed by atoms with E-state index in [2.05, 4.69) is 49.6 Å². The summed E-state index contributed by atoms with van der Waals surface area (Å²) in [7, 11) is 0. The Hall–Kier alpha value is -3.83. The second-order valence-electron chi connectivity index (χ2n) is 7.51. The number of hydrogen-bond acceptors (Lipinski definition) is 4. The third kappa shape index (κ3) is 3.47. The molecular weight excluding hydrogens is 414 g/mol. The molecule has 0 unspecified atom stereocenters. The Morgan fingerprint density at radius 3 is 1.88 bits per heavy atom. The molecular formula is C27H21N3OS. The number of nitrogens with zero attached hydrogens (tertiary/aromatic N) is 3. The Kier molecular flexibility index (Phi) is 5.25. The molecule has 5 heteroatoms. The lowest BCUT2D eigenvalue weighted by atomic mass is 9.99. The molecule has 0 N–H and O–H groups in total. The number of ether oxygens (including phenoxy) is 1. The normalized spacial score (nSPS) is 11.1. The van der Waals surface area contributed by atoms with Gasteiger partial charge in [0.25, 0.3) is 5.17 Å². The molecule has 5 rings (SSSR count).